The molecule has 1 aliphatic rings. The Morgan fingerprint density at radius 2 is 1.92 bits per heavy atom. The summed E-state index contributed by atoms with van der Waals surface area (Å²) in [6.45, 7) is 9.23. The van der Waals surface area contributed by atoms with Crippen molar-refractivity contribution in [3.05, 3.63) is 23.7 Å². The summed E-state index contributed by atoms with van der Waals surface area (Å²) in [5, 5.41) is 0. The summed E-state index contributed by atoms with van der Waals surface area (Å²) in [4.78, 5) is 16.5. The SMILES string of the molecule is CC(C)CN1CCN(Cc2ccc(CN(C)S(C)(=O)=O)o2)[C@@H](C)C1=O. The van der Waals surface area contributed by atoms with Gasteiger partial charge in [0, 0.05) is 26.7 Å². The normalized spacial score (nSPS) is 20.0. The Kier molecular flexibility index (Phi) is 6.29. The Morgan fingerprint density at radius 1 is 1.28 bits per heavy atom. The third kappa shape index (κ3) is 5.29. The van der Waals surface area contributed by atoms with Gasteiger partial charge in [0.2, 0.25) is 15.9 Å². The molecule has 1 atom stereocenters. The fourth-order valence-corrected chi connectivity index (χ4v) is 3.30. The van der Waals surface area contributed by atoms with Crippen molar-refractivity contribution in [1.29, 1.82) is 0 Å². The lowest BCUT2D eigenvalue weighted by Gasteiger charge is -2.39. The summed E-state index contributed by atoms with van der Waals surface area (Å²) >= 11 is 0. The van der Waals surface area contributed by atoms with Crippen molar-refractivity contribution in [3.63, 3.8) is 0 Å². The van der Waals surface area contributed by atoms with Gasteiger partial charge in [0.05, 0.1) is 25.4 Å². The quantitative estimate of drug-likeness (QED) is 0.723. The summed E-state index contributed by atoms with van der Waals surface area (Å²) in [6.07, 6.45) is 1.17. The molecule has 7 nitrogen and oxygen atoms in total. The molecule has 1 saturated heterocycles. The number of hydrogen-bond donors (Lipinski definition) is 0. The van der Waals surface area contributed by atoms with Crippen LogP contribution in [-0.2, 0) is 27.9 Å². The molecule has 1 amide bonds. The van der Waals surface area contributed by atoms with E-state index < -0.39 is 10.0 Å². The molecule has 2 heterocycles. The van der Waals surface area contributed by atoms with E-state index in [9.17, 15) is 13.2 Å². The molecule has 142 valence electrons. The fraction of sp³-hybridized carbons (Fsp3) is 0.706. The average molecular weight is 372 g/mol. The number of amides is 1. The summed E-state index contributed by atoms with van der Waals surface area (Å²) in [5.74, 6) is 1.96. The molecule has 1 aromatic rings. The molecule has 1 aromatic heterocycles. The largest absolute Gasteiger partial charge is 0.463 e. The van der Waals surface area contributed by atoms with Crippen molar-refractivity contribution in [2.75, 3.05) is 32.9 Å². The van der Waals surface area contributed by atoms with Crippen molar-refractivity contribution < 1.29 is 17.6 Å². The molecule has 0 spiro atoms. The third-order valence-corrected chi connectivity index (χ3v) is 5.74. The lowest BCUT2D eigenvalue weighted by Crippen LogP contribution is -2.55. The lowest BCUT2D eigenvalue weighted by molar-refractivity contribution is -0.142. The van der Waals surface area contributed by atoms with Gasteiger partial charge in [-0.1, -0.05) is 13.8 Å². The molecule has 0 bridgehead atoms. The molecular formula is C17H29N3O4S. The summed E-state index contributed by atoms with van der Waals surface area (Å²) < 4.78 is 30.0. The van der Waals surface area contributed by atoms with Crippen molar-refractivity contribution in [2.45, 2.75) is 39.9 Å². The van der Waals surface area contributed by atoms with Gasteiger partial charge in [-0.25, -0.2) is 8.42 Å². The summed E-state index contributed by atoms with van der Waals surface area (Å²) in [6, 6.07) is 3.46. The first-order valence-corrected chi connectivity index (χ1v) is 10.4. The maximum atomic E-state index is 12.5. The smallest absolute Gasteiger partial charge is 0.239 e. The maximum absolute atomic E-state index is 12.5. The van der Waals surface area contributed by atoms with Crippen LogP contribution in [-0.4, -0.2) is 67.4 Å². The van der Waals surface area contributed by atoms with Crippen molar-refractivity contribution in [3.8, 4) is 0 Å². The molecule has 0 aromatic carbocycles. The zero-order chi connectivity index (χ0) is 18.8. The summed E-state index contributed by atoms with van der Waals surface area (Å²) in [7, 11) is -1.72. The van der Waals surface area contributed by atoms with Crippen LogP contribution < -0.4 is 0 Å². The van der Waals surface area contributed by atoms with Crippen LogP contribution in [0, 0.1) is 5.92 Å². The number of rotatable bonds is 7. The predicted molar refractivity (Wildman–Crippen MR) is 96.3 cm³/mol. The van der Waals surface area contributed by atoms with Crippen LogP contribution in [0.25, 0.3) is 0 Å². The Morgan fingerprint density at radius 3 is 2.52 bits per heavy atom. The highest BCUT2D eigenvalue weighted by Gasteiger charge is 2.32. The number of carbonyl (C=O) groups excluding carboxylic acids is 1. The van der Waals surface area contributed by atoms with Gasteiger partial charge in [0.15, 0.2) is 0 Å². The van der Waals surface area contributed by atoms with Crippen molar-refractivity contribution >= 4 is 15.9 Å². The van der Waals surface area contributed by atoms with Crippen LogP contribution in [0.15, 0.2) is 16.5 Å². The highest BCUT2D eigenvalue weighted by atomic mass is 32.2. The molecule has 2 rings (SSSR count). The van der Waals surface area contributed by atoms with E-state index in [1.165, 1.54) is 17.6 Å². The van der Waals surface area contributed by atoms with Gasteiger partial charge in [-0.2, -0.15) is 4.31 Å². The van der Waals surface area contributed by atoms with Crippen molar-refractivity contribution in [1.82, 2.24) is 14.1 Å². The average Bonchev–Trinajstić information content (AvgIpc) is 2.93. The maximum Gasteiger partial charge on any atom is 0.239 e. The van der Waals surface area contributed by atoms with Gasteiger partial charge in [0.1, 0.15) is 11.5 Å². The Hall–Kier alpha value is -1.38. The molecule has 0 saturated carbocycles. The molecule has 1 fully saturated rings. The number of carbonyl (C=O) groups is 1. The number of nitrogens with zero attached hydrogens (tertiary/aromatic N) is 3. The second-order valence-corrected chi connectivity index (χ2v) is 9.30. The van der Waals surface area contributed by atoms with Gasteiger partial charge in [0.25, 0.3) is 0 Å². The minimum atomic E-state index is -3.24. The summed E-state index contributed by atoms with van der Waals surface area (Å²) in [5.41, 5.74) is 0. The number of piperazine rings is 1. The first-order chi connectivity index (χ1) is 11.6. The van der Waals surface area contributed by atoms with E-state index in [1.54, 1.807) is 6.07 Å². The zero-order valence-corrected chi connectivity index (χ0v) is 16.5. The minimum absolute atomic E-state index is 0.156. The molecule has 1 aliphatic heterocycles. The van der Waals surface area contributed by atoms with E-state index in [-0.39, 0.29) is 18.5 Å². The van der Waals surface area contributed by atoms with E-state index in [4.69, 9.17) is 4.42 Å². The molecule has 0 aliphatic carbocycles. The van der Waals surface area contributed by atoms with E-state index in [2.05, 4.69) is 18.7 Å². The highest BCUT2D eigenvalue weighted by molar-refractivity contribution is 7.88. The standard InChI is InChI=1S/C17H29N3O4S/c1-13(2)10-20-9-8-19(14(3)17(20)21)12-16-7-6-15(24-16)11-18(4)25(5,22)23/h6-7,13-14H,8-12H2,1-5H3/t14-/m0/s1. The molecule has 8 heteroatoms. The van der Waals surface area contributed by atoms with E-state index in [1.807, 2.05) is 17.9 Å². The Balaban J connectivity index is 1.96. The molecule has 0 N–H and O–H groups in total. The van der Waals surface area contributed by atoms with Crippen molar-refractivity contribution in [2.24, 2.45) is 5.92 Å². The van der Waals surface area contributed by atoms with Crippen LogP contribution in [0.3, 0.4) is 0 Å². The van der Waals surface area contributed by atoms with Gasteiger partial charge in [-0.15, -0.1) is 0 Å². The fourth-order valence-electron chi connectivity index (χ4n) is 2.94. The van der Waals surface area contributed by atoms with Crippen LogP contribution in [0.1, 0.15) is 32.3 Å². The van der Waals surface area contributed by atoms with Gasteiger partial charge in [-0.3, -0.25) is 9.69 Å². The number of sulfonamides is 1. The van der Waals surface area contributed by atoms with Gasteiger partial charge < -0.3 is 9.32 Å². The van der Waals surface area contributed by atoms with E-state index >= 15 is 0 Å². The van der Waals surface area contributed by atoms with Crippen LogP contribution in [0.2, 0.25) is 0 Å². The molecule has 0 radical (unpaired) electrons. The topological polar surface area (TPSA) is 74.1 Å². The zero-order valence-electron chi connectivity index (χ0n) is 15.7. The highest BCUT2D eigenvalue weighted by Crippen LogP contribution is 2.18. The minimum Gasteiger partial charge on any atom is -0.463 e. The van der Waals surface area contributed by atoms with Crippen LogP contribution >= 0.6 is 0 Å². The van der Waals surface area contributed by atoms with E-state index in [0.29, 0.717) is 18.2 Å². The van der Waals surface area contributed by atoms with E-state index in [0.717, 1.165) is 25.4 Å². The lowest BCUT2D eigenvalue weighted by atomic mass is 10.1. The van der Waals surface area contributed by atoms with Crippen LogP contribution in [0.5, 0.6) is 0 Å². The first kappa shape index (κ1) is 19.9. The molecule has 25 heavy (non-hydrogen) atoms. The number of hydrogen-bond acceptors (Lipinski definition) is 5. The van der Waals surface area contributed by atoms with Gasteiger partial charge in [-0.05, 0) is 25.0 Å². The third-order valence-electron chi connectivity index (χ3n) is 4.48. The monoisotopic (exact) mass is 371 g/mol. The van der Waals surface area contributed by atoms with Crippen LogP contribution in [0.4, 0.5) is 0 Å². The Labute approximate surface area is 150 Å². The Bertz CT molecular complexity index is 699. The van der Waals surface area contributed by atoms with Gasteiger partial charge >= 0.3 is 0 Å². The second-order valence-electron chi connectivity index (χ2n) is 7.21. The molecular weight excluding hydrogens is 342 g/mol. The first-order valence-electron chi connectivity index (χ1n) is 8.59. The number of furan rings is 1. The predicted octanol–water partition coefficient (Wildman–Crippen LogP) is 1.36. The second kappa shape index (κ2) is 7.88. The molecule has 0 unspecified atom stereocenters.